The van der Waals surface area contributed by atoms with E-state index in [1.807, 2.05) is 12.3 Å². The van der Waals surface area contributed by atoms with Crippen molar-refractivity contribution in [3.05, 3.63) is 11.1 Å². The maximum absolute atomic E-state index is 11.4. The first-order chi connectivity index (χ1) is 9.54. The Balaban J connectivity index is 2.28. The summed E-state index contributed by atoms with van der Waals surface area (Å²) in [6.45, 7) is 10.6. The number of hydrogen-bond donors (Lipinski definition) is 1. The van der Waals surface area contributed by atoms with Crippen LogP contribution in [0.3, 0.4) is 0 Å². The molecular weight excluding hydrogens is 270 g/mol. The number of nitrogens with zero attached hydrogens (tertiary/aromatic N) is 2. The van der Waals surface area contributed by atoms with E-state index >= 15 is 0 Å². The van der Waals surface area contributed by atoms with E-state index < -0.39 is 0 Å². The van der Waals surface area contributed by atoms with Crippen LogP contribution < -0.4 is 10.2 Å². The van der Waals surface area contributed by atoms with Crippen molar-refractivity contribution < 1.29 is 4.79 Å². The number of unbranched alkanes of at least 4 members (excludes halogenated alkanes) is 1. The second-order valence-corrected chi connectivity index (χ2v) is 6.29. The van der Waals surface area contributed by atoms with Crippen LogP contribution in [0.5, 0.6) is 0 Å². The summed E-state index contributed by atoms with van der Waals surface area (Å²) in [6, 6.07) is 0. The molecule has 0 fully saturated rings. The first-order valence-electron chi connectivity index (χ1n) is 7.47. The summed E-state index contributed by atoms with van der Waals surface area (Å²) in [7, 11) is 0. The minimum Gasteiger partial charge on any atom is -0.311 e. The van der Waals surface area contributed by atoms with E-state index in [2.05, 4.69) is 24.1 Å². The monoisotopic (exact) mass is 297 g/mol. The van der Waals surface area contributed by atoms with Crippen molar-refractivity contribution in [2.75, 3.05) is 18.0 Å². The van der Waals surface area contributed by atoms with Crippen molar-refractivity contribution in [1.82, 2.24) is 10.3 Å². The van der Waals surface area contributed by atoms with Gasteiger partial charge in [0.1, 0.15) is 0 Å². The van der Waals surface area contributed by atoms with Gasteiger partial charge < -0.3 is 5.32 Å². The van der Waals surface area contributed by atoms with Gasteiger partial charge in [-0.25, -0.2) is 4.98 Å². The molecule has 1 heterocycles. The standard InChI is InChI=1S/C15H27N3OS/c1-5-18(13(4)19)15-17-14(11-20-15)10-16-9-7-6-8-12(2)3/h11-12,16H,5-10H2,1-4H3. The number of thiazole rings is 1. The summed E-state index contributed by atoms with van der Waals surface area (Å²) in [4.78, 5) is 17.7. The van der Waals surface area contributed by atoms with E-state index in [0.717, 1.165) is 29.8 Å². The highest BCUT2D eigenvalue weighted by Gasteiger charge is 2.12. The molecule has 1 aromatic heterocycles. The summed E-state index contributed by atoms with van der Waals surface area (Å²) < 4.78 is 0. The Bertz CT molecular complexity index is 404. The fraction of sp³-hybridized carbons (Fsp3) is 0.733. The van der Waals surface area contributed by atoms with Gasteiger partial charge in [0.15, 0.2) is 5.13 Å². The molecule has 1 aromatic rings. The summed E-state index contributed by atoms with van der Waals surface area (Å²) in [6.07, 6.45) is 3.79. The molecule has 114 valence electrons. The Morgan fingerprint density at radius 2 is 2.20 bits per heavy atom. The van der Waals surface area contributed by atoms with Crippen LogP contribution in [-0.4, -0.2) is 24.0 Å². The van der Waals surface area contributed by atoms with E-state index in [4.69, 9.17) is 0 Å². The van der Waals surface area contributed by atoms with Crippen molar-refractivity contribution in [1.29, 1.82) is 0 Å². The molecule has 0 radical (unpaired) electrons. The van der Waals surface area contributed by atoms with Crippen LogP contribution in [0.1, 0.15) is 52.7 Å². The Labute approximate surface area is 126 Å². The number of carbonyl (C=O) groups is 1. The smallest absolute Gasteiger partial charge is 0.225 e. The fourth-order valence-electron chi connectivity index (χ4n) is 2.01. The van der Waals surface area contributed by atoms with Gasteiger partial charge in [0.2, 0.25) is 5.91 Å². The molecule has 1 rings (SSSR count). The summed E-state index contributed by atoms with van der Waals surface area (Å²) in [5.74, 6) is 0.845. The van der Waals surface area contributed by atoms with Crippen LogP contribution in [0.4, 0.5) is 5.13 Å². The first kappa shape index (κ1) is 17.1. The third-order valence-corrected chi connectivity index (χ3v) is 4.07. The van der Waals surface area contributed by atoms with Gasteiger partial charge in [-0.15, -0.1) is 11.3 Å². The van der Waals surface area contributed by atoms with E-state index in [1.165, 1.54) is 30.6 Å². The van der Waals surface area contributed by atoms with Crippen LogP contribution in [0.2, 0.25) is 0 Å². The van der Waals surface area contributed by atoms with Gasteiger partial charge in [-0.2, -0.15) is 0 Å². The zero-order chi connectivity index (χ0) is 15.0. The molecule has 0 unspecified atom stereocenters. The SMILES string of the molecule is CCN(C(C)=O)c1nc(CNCCCCC(C)C)cs1. The molecule has 0 aliphatic rings. The number of amides is 1. The van der Waals surface area contributed by atoms with Crippen LogP contribution >= 0.6 is 11.3 Å². The molecule has 0 spiro atoms. The molecule has 5 heteroatoms. The lowest BCUT2D eigenvalue weighted by Crippen LogP contribution is -2.27. The highest BCUT2D eigenvalue weighted by Crippen LogP contribution is 2.20. The second-order valence-electron chi connectivity index (χ2n) is 5.45. The summed E-state index contributed by atoms with van der Waals surface area (Å²) in [5, 5.41) is 6.25. The number of aromatic nitrogens is 1. The molecule has 0 aliphatic carbocycles. The van der Waals surface area contributed by atoms with Gasteiger partial charge in [-0.3, -0.25) is 9.69 Å². The molecule has 0 aliphatic heterocycles. The maximum Gasteiger partial charge on any atom is 0.225 e. The predicted octanol–water partition coefficient (Wildman–Crippen LogP) is 3.43. The van der Waals surface area contributed by atoms with E-state index in [-0.39, 0.29) is 5.91 Å². The van der Waals surface area contributed by atoms with Gasteiger partial charge in [0.25, 0.3) is 0 Å². The van der Waals surface area contributed by atoms with Crippen molar-refractivity contribution >= 4 is 22.4 Å². The predicted molar refractivity (Wildman–Crippen MR) is 86.2 cm³/mol. The fourth-order valence-corrected chi connectivity index (χ4v) is 2.95. The molecule has 4 nitrogen and oxygen atoms in total. The highest BCUT2D eigenvalue weighted by molar-refractivity contribution is 7.14. The minimum atomic E-state index is 0.0510. The van der Waals surface area contributed by atoms with Gasteiger partial charge >= 0.3 is 0 Å². The molecule has 20 heavy (non-hydrogen) atoms. The molecule has 1 amide bonds. The van der Waals surface area contributed by atoms with Crippen LogP contribution in [0, 0.1) is 5.92 Å². The normalized spacial score (nSPS) is 11.1. The minimum absolute atomic E-state index is 0.0510. The van der Waals surface area contributed by atoms with Gasteiger partial charge in [-0.1, -0.05) is 26.7 Å². The maximum atomic E-state index is 11.4. The molecule has 1 N–H and O–H groups in total. The first-order valence-corrected chi connectivity index (χ1v) is 8.35. The Morgan fingerprint density at radius 3 is 2.80 bits per heavy atom. The average Bonchev–Trinajstić information content (AvgIpc) is 2.82. The number of carbonyl (C=O) groups excluding carboxylic acids is 1. The van der Waals surface area contributed by atoms with Gasteiger partial charge in [-0.05, 0) is 25.8 Å². The van der Waals surface area contributed by atoms with Crippen molar-refractivity contribution in [2.45, 2.75) is 53.5 Å². The molecule has 0 saturated heterocycles. The Morgan fingerprint density at radius 1 is 1.45 bits per heavy atom. The summed E-state index contributed by atoms with van der Waals surface area (Å²) >= 11 is 1.54. The molecule has 0 aromatic carbocycles. The number of nitrogens with one attached hydrogen (secondary N) is 1. The molecular formula is C15H27N3OS. The zero-order valence-corrected chi connectivity index (χ0v) is 13.9. The lowest BCUT2D eigenvalue weighted by molar-refractivity contribution is -0.116. The van der Waals surface area contributed by atoms with Crippen LogP contribution in [0.15, 0.2) is 5.38 Å². The number of rotatable bonds is 9. The quantitative estimate of drug-likeness (QED) is 0.710. The van der Waals surface area contributed by atoms with Crippen molar-refractivity contribution in [2.24, 2.45) is 5.92 Å². The van der Waals surface area contributed by atoms with Gasteiger partial charge in [0, 0.05) is 25.4 Å². The molecule has 0 atom stereocenters. The average molecular weight is 297 g/mol. The van der Waals surface area contributed by atoms with E-state index in [1.54, 1.807) is 11.8 Å². The largest absolute Gasteiger partial charge is 0.311 e. The molecule has 0 bridgehead atoms. The van der Waals surface area contributed by atoms with Crippen LogP contribution in [0.25, 0.3) is 0 Å². The third kappa shape index (κ3) is 6.01. The second kappa shape index (κ2) is 9.08. The Kier molecular flexibility index (Phi) is 7.77. The van der Waals surface area contributed by atoms with Crippen molar-refractivity contribution in [3.63, 3.8) is 0 Å². The summed E-state index contributed by atoms with van der Waals surface area (Å²) in [5.41, 5.74) is 1.02. The third-order valence-electron chi connectivity index (χ3n) is 3.16. The topological polar surface area (TPSA) is 45.2 Å². The van der Waals surface area contributed by atoms with Crippen LogP contribution in [-0.2, 0) is 11.3 Å². The van der Waals surface area contributed by atoms with E-state index in [9.17, 15) is 4.79 Å². The lowest BCUT2D eigenvalue weighted by atomic mass is 10.1. The molecule has 0 saturated carbocycles. The number of anilines is 1. The number of hydrogen-bond acceptors (Lipinski definition) is 4. The highest BCUT2D eigenvalue weighted by atomic mass is 32.1. The lowest BCUT2D eigenvalue weighted by Gasteiger charge is -2.14. The van der Waals surface area contributed by atoms with E-state index in [0.29, 0.717) is 6.54 Å². The van der Waals surface area contributed by atoms with Gasteiger partial charge in [0.05, 0.1) is 5.69 Å². The van der Waals surface area contributed by atoms with Crippen molar-refractivity contribution in [3.8, 4) is 0 Å². The zero-order valence-electron chi connectivity index (χ0n) is 13.1. The Hall–Kier alpha value is -0.940.